The number of hydrogen-bond acceptors (Lipinski definition) is 12. The third-order valence-corrected chi connectivity index (χ3v) is 15.7. The number of nitrogens with one attached hydrogen (secondary N) is 4. The zero-order valence-electron chi connectivity index (χ0n) is 44.7. The van der Waals surface area contributed by atoms with E-state index in [9.17, 15) is 9.59 Å². The van der Waals surface area contributed by atoms with Gasteiger partial charge in [-0.15, -0.1) is 0 Å². The van der Waals surface area contributed by atoms with Gasteiger partial charge in [-0.25, -0.2) is 9.59 Å². The van der Waals surface area contributed by atoms with Crippen molar-refractivity contribution in [1.29, 1.82) is 0 Å². The molecule has 14 nitrogen and oxygen atoms in total. The van der Waals surface area contributed by atoms with Crippen LogP contribution in [0.3, 0.4) is 0 Å². The van der Waals surface area contributed by atoms with Crippen molar-refractivity contribution in [2.45, 2.75) is 115 Å². The van der Waals surface area contributed by atoms with Crippen molar-refractivity contribution < 1.29 is 19.1 Å². The largest absolute Gasteiger partial charge is 0.445 e. The van der Waals surface area contributed by atoms with E-state index in [1.807, 2.05) is 73.1 Å². The second-order valence-corrected chi connectivity index (χ2v) is 21.7. The first-order valence-corrected chi connectivity index (χ1v) is 27.5. The second-order valence-electron chi connectivity index (χ2n) is 21.7. The lowest BCUT2D eigenvalue weighted by Gasteiger charge is -2.38. The number of piperidine rings is 2. The molecule has 6 aromatic rings. The minimum Gasteiger partial charge on any atom is -0.445 e. The number of fused-ring (bicyclic) bond motifs is 2. The van der Waals surface area contributed by atoms with Gasteiger partial charge < -0.3 is 40.5 Å². The summed E-state index contributed by atoms with van der Waals surface area (Å²) in [6.45, 7) is 11.1. The lowest BCUT2D eigenvalue weighted by atomic mass is 9.89. The van der Waals surface area contributed by atoms with Crippen LogP contribution in [-0.2, 0) is 68.1 Å². The molecule has 398 valence electrons. The first kappa shape index (κ1) is 52.6. The lowest BCUT2D eigenvalue weighted by molar-refractivity contribution is 0.133. The number of anilines is 2. The van der Waals surface area contributed by atoms with Crippen LogP contribution in [-0.4, -0.2) is 109 Å². The van der Waals surface area contributed by atoms with Crippen molar-refractivity contribution in [1.82, 2.24) is 41.0 Å². The fourth-order valence-corrected chi connectivity index (χ4v) is 11.7. The number of aromatic nitrogens is 2. The van der Waals surface area contributed by atoms with Crippen LogP contribution in [0.1, 0.15) is 87.1 Å². The molecule has 4 aromatic carbocycles. The van der Waals surface area contributed by atoms with E-state index < -0.39 is 0 Å². The summed E-state index contributed by atoms with van der Waals surface area (Å²) in [6.07, 6.45) is 9.32. The average Bonchev–Trinajstić information content (AvgIpc) is 3.46. The number of aryl methyl sites for hydroxylation is 1. The molecule has 2 fully saturated rings. The Labute approximate surface area is 449 Å². The van der Waals surface area contributed by atoms with Crippen LogP contribution in [0.2, 0.25) is 0 Å². The van der Waals surface area contributed by atoms with Crippen LogP contribution in [0.15, 0.2) is 128 Å². The normalized spacial score (nSPS) is 18.0. The van der Waals surface area contributed by atoms with Crippen LogP contribution >= 0.6 is 0 Å². The maximum atomic E-state index is 12.9. The van der Waals surface area contributed by atoms with E-state index >= 15 is 0 Å². The van der Waals surface area contributed by atoms with Crippen LogP contribution in [0.25, 0.3) is 0 Å². The molecule has 0 aliphatic carbocycles. The molecule has 0 bridgehead atoms. The van der Waals surface area contributed by atoms with Crippen molar-refractivity contribution in [3.8, 4) is 0 Å². The van der Waals surface area contributed by atoms with Gasteiger partial charge in [0.05, 0.1) is 11.4 Å². The number of nitrogens with zero attached hydrogens (tertiary/aromatic N) is 6. The van der Waals surface area contributed by atoms with E-state index in [4.69, 9.17) is 14.5 Å². The van der Waals surface area contributed by atoms with Crippen molar-refractivity contribution in [2.75, 3.05) is 63.2 Å². The Morgan fingerprint density at radius 2 is 1.20 bits per heavy atom. The predicted molar refractivity (Wildman–Crippen MR) is 300 cm³/mol. The Hall–Kier alpha value is -6.84. The van der Waals surface area contributed by atoms with Crippen LogP contribution in [0.4, 0.5) is 21.0 Å². The zero-order chi connectivity index (χ0) is 52.2. The molecular formula is C62H76N10O4. The van der Waals surface area contributed by atoms with Gasteiger partial charge in [-0.1, -0.05) is 91.0 Å². The van der Waals surface area contributed by atoms with E-state index in [2.05, 4.69) is 121 Å². The van der Waals surface area contributed by atoms with Gasteiger partial charge in [-0.3, -0.25) is 19.8 Å². The van der Waals surface area contributed by atoms with Gasteiger partial charge in [0.15, 0.2) is 0 Å². The summed E-state index contributed by atoms with van der Waals surface area (Å²) in [5.41, 5.74) is 16.1. The summed E-state index contributed by atoms with van der Waals surface area (Å²) < 4.78 is 11.1. The number of amides is 2. The van der Waals surface area contributed by atoms with E-state index in [1.165, 1.54) is 50.3 Å². The number of pyridine rings is 2. The van der Waals surface area contributed by atoms with Gasteiger partial charge in [-0.05, 0) is 140 Å². The van der Waals surface area contributed by atoms with Gasteiger partial charge in [0.25, 0.3) is 0 Å². The highest BCUT2D eigenvalue weighted by Gasteiger charge is 2.30. The summed E-state index contributed by atoms with van der Waals surface area (Å²) in [7, 11) is 4.41. The highest BCUT2D eigenvalue weighted by atomic mass is 16.6. The highest BCUT2D eigenvalue weighted by molar-refractivity contribution is 5.68. The number of rotatable bonds is 18. The molecule has 2 aromatic heterocycles. The SMILES string of the molecule is Cc1ccc(CN(C)C[C@H]2Cc3c(cc(Cc4cccnc4CN(C)C[C@H]4Cc5c(cccc5N5CCC(NC(=O)OCc6ccccc6)CC5)CN4)cc3N3CCC(NC(=O)OCc4ccccc4)CC3)CN2)nc1. The number of ether oxygens (including phenoxy) is 2. The van der Waals surface area contributed by atoms with E-state index in [0.29, 0.717) is 12.1 Å². The van der Waals surface area contributed by atoms with Crippen LogP contribution in [0.5, 0.6) is 0 Å². The Bertz CT molecular complexity index is 2850. The van der Waals surface area contributed by atoms with Crippen molar-refractivity contribution >= 4 is 23.6 Å². The monoisotopic (exact) mass is 1020 g/mol. The molecule has 4 N–H and O–H groups in total. The smallest absolute Gasteiger partial charge is 0.407 e. The molecule has 0 saturated carbocycles. The number of carbonyl (C=O) groups excluding carboxylic acids is 2. The van der Waals surface area contributed by atoms with Crippen molar-refractivity contribution in [3.05, 3.63) is 189 Å². The predicted octanol–water partition coefficient (Wildman–Crippen LogP) is 8.46. The number of benzene rings is 4. The molecule has 4 aliphatic rings. The molecule has 4 aliphatic heterocycles. The fourth-order valence-electron chi connectivity index (χ4n) is 11.7. The topological polar surface area (TPSA) is 139 Å². The lowest BCUT2D eigenvalue weighted by Crippen LogP contribution is -2.46. The summed E-state index contributed by atoms with van der Waals surface area (Å²) in [4.78, 5) is 45.1. The third-order valence-electron chi connectivity index (χ3n) is 15.7. The maximum Gasteiger partial charge on any atom is 0.407 e. The minimum absolute atomic E-state index is 0.0594. The van der Waals surface area contributed by atoms with Crippen LogP contribution in [0, 0.1) is 6.92 Å². The quantitative estimate of drug-likeness (QED) is 0.0657. The first-order chi connectivity index (χ1) is 37.1. The van der Waals surface area contributed by atoms with E-state index in [0.717, 1.165) is 133 Å². The molecule has 2 amide bonds. The Balaban J connectivity index is 0.772. The summed E-state index contributed by atoms with van der Waals surface area (Å²) in [5, 5.41) is 14.0. The van der Waals surface area contributed by atoms with Crippen molar-refractivity contribution in [2.24, 2.45) is 0 Å². The maximum absolute atomic E-state index is 12.9. The van der Waals surface area contributed by atoms with Gasteiger partial charge in [-0.2, -0.15) is 0 Å². The Morgan fingerprint density at radius 3 is 1.80 bits per heavy atom. The zero-order valence-corrected chi connectivity index (χ0v) is 44.7. The molecule has 10 rings (SSSR count). The van der Waals surface area contributed by atoms with Crippen LogP contribution < -0.4 is 31.1 Å². The molecule has 2 atom stereocenters. The van der Waals surface area contributed by atoms with Gasteiger partial charge in [0.1, 0.15) is 13.2 Å². The molecular weight excluding hydrogens is 949 g/mol. The second kappa shape index (κ2) is 25.3. The van der Waals surface area contributed by atoms with E-state index in [1.54, 1.807) is 0 Å². The number of carbonyl (C=O) groups is 2. The Kier molecular flexibility index (Phi) is 17.5. The average molecular weight is 1030 g/mol. The standard InChI is InChI=1S/C62H76N10O4/c1-44-19-20-53(64-35-44)38-69(2)39-55-34-57-50(37-66-55)31-47(32-60(57)72-28-23-52(24-29-72)68-62(74)76-43-46-14-8-5-9-15-46)30-48-17-11-25-63-58(48)41-70(3)40-54-33-56-49(36-65-54)16-10-18-59(56)71-26-21-51(22-27-71)67-61(73)75-42-45-12-6-4-7-13-45/h4-20,25,31-32,35,51-52,54-55,65-66H,21-24,26-30,33-34,36-43H2,1-3H3,(H,67,73)(H,68,74)/t54-,55-/m1/s1. The molecule has 2 saturated heterocycles. The first-order valence-electron chi connectivity index (χ1n) is 27.5. The molecule has 6 heterocycles. The summed E-state index contributed by atoms with van der Waals surface area (Å²) in [5.74, 6) is 0. The highest BCUT2D eigenvalue weighted by Crippen LogP contribution is 2.34. The molecule has 14 heteroatoms. The molecule has 76 heavy (non-hydrogen) atoms. The summed E-state index contributed by atoms with van der Waals surface area (Å²) >= 11 is 0. The third kappa shape index (κ3) is 14.1. The Morgan fingerprint density at radius 1 is 0.618 bits per heavy atom. The molecule has 0 radical (unpaired) electrons. The van der Waals surface area contributed by atoms with Gasteiger partial charge in [0, 0.05) is 113 Å². The summed E-state index contributed by atoms with van der Waals surface area (Å²) in [6, 6.07) is 40.6. The van der Waals surface area contributed by atoms with Gasteiger partial charge >= 0.3 is 12.2 Å². The number of hydrogen-bond donors (Lipinski definition) is 4. The van der Waals surface area contributed by atoms with Gasteiger partial charge in [0.2, 0.25) is 0 Å². The minimum atomic E-state index is -0.355. The number of likely N-dealkylation sites (N-methyl/N-ethyl adjacent to an activating group) is 2. The van der Waals surface area contributed by atoms with Crippen molar-refractivity contribution in [3.63, 3.8) is 0 Å². The fraction of sp³-hybridized carbons (Fsp3) is 0.419. The molecule has 0 spiro atoms. The number of alkyl carbamates (subject to hydrolysis) is 2. The van der Waals surface area contributed by atoms with E-state index in [-0.39, 0.29) is 37.5 Å². The molecule has 0 unspecified atom stereocenters.